The van der Waals surface area contributed by atoms with Crippen LogP contribution in [0.15, 0.2) is 51.4 Å². The SMILES string of the molecule is C[C@@H](Oc1ccccc1)C(=O)N1CCC(n2c(=O)[nH]c3ccsc3c2=O)CC1. The van der Waals surface area contributed by atoms with Crippen molar-refractivity contribution in [2.75, 3.05) is 13.1 Å². The zero-order valence-electron chi connectivity index (χ0n) is 15.5. The number of H-pyrrole nitrogens is 1. The van der Waals surface area contributed by atoms with E-state index in [0.717, 1.165) is 0 Å². The molecular weight excluding hydrogens is 378 g/mol. The van der Waals surface area contributed by atoms with Crippen molar-refractivity contribution >= 4 is 27.5 Å². The van der Waals surface area contributed by atoms with Crippen LogP contribution in [0.25, 0.3) is 10.2 Å². The fourth-order valence-electron chi connectivity index (χ4n) is 3.64. The molecule has 0 radical (unpaired) electrons. The predicted octanol–water partition coefficient (Wildman–Crippen LogP) is 2.38. The van der Waals surface area contributed by atoms with Crippen molar-refractivity contribution in [2.24, 2.45) is 0 Å². The highest BCUT2D eigenvalue weighted by Gasteiger charge is 2.29. The summed E-state index contributed by atoms with van der Waals surface area (Å²) in [5.74, 6) is 0.567. The Morgan fingerprint density at radius 1 is 1.18 bits per heavy atom. The van der Waals surface area contributed by atoms with Crippen LogP contribution in [0.4, 0.5) is 0 Å². The Morgan fingerprint density at radius 2 is 1.89 bits per heavy atom. The highest BCUT2D eigenvalue weighted by molar-refractivity contribution is 7.17. The first-order chi connectivity index (χ1) is 13.5. The maximum atomic E-state index is 12.7. The number of rotatable bonds is 4. The highest BCUT2D eigenvalue weighted by atomic mass is 32.1. The summed E-state index contributed by atoms with van der Waals surface area (Å²) in [5, 5.41) is 1.79. The van der Waals surface area contributed by atoms with Gasteiger partial charge in [0.15, 0.2) is 6.10 Å². The number of hydrogen-bond donors (Lipinski definition) is 1. The second-order valence-electron chi connectivity index (χ2n) is 6.90. The largest absolute Gasteiger partial charge is 0.481 e. The van der Waals surface area contributed by atoms with Gasteiger partial charge in [0.25, 0.3) is 11.5 Å². The van der Waals surface area contributed by atoms with Gasteiger partial charge in [-0.1, -0.05) is 18.2 Å². The Bertz CT molecular complexity index is 1090. The van der Waals surface area contributed by atoms with Gasteiger partial charge in [0.2, 0.25) is 0 Å². The van der Waals surface area contributed by atoms with Crippen LogP contribution < -0.4 is 16.0 Å². The van der Waals surface area contributed by atoms with Gasteiger partial charge in [-0.3, -0.25) is 14.2 Å². The Hall–Kier alpha value is -2.87. The minimum absolute atomic E-state index is 0.0859. The number of ether oxygens (including phenoxy) is 1. The number of fused-ring (bicyclic) bond motifs is 1. The van der Waals surface area contributed by atoms with Crippen LogP contribution in [0, 0.1) is 0 Å². The number of benzene rings is 1. The van der Waals surface area contributed by atoms with E-state index in [1.165, 1.54) is 15.9 Å². The number of hydrogen-bond acceptors (Lipinski definition) is 5. The minimum Gasteiger partial charge on any atom is -0.481 e. The van der Waals surface area contributed by atoms with Gasteiger partial charge in [-0.25, -0.2) is 4.79 Å². The molecule has 3 heterocycles. The van der Waals surface area contributed by atoms with Crippen LogP contribution >= 0.6 is 11.3 Å². The lowest BCUT2D eigenvalue weighted by Crippen LogP contribution is -2.47. The summed E-state index contributed by atoms with van der Waals surface area (Å²) >= 11 is 1.33. The number of thiophene rings is 1. The summed E-state index contributed by atoms with van der Waals surface area (Å²) in [4.78, 5) is 42.3. The fraction of sp³-hybridized carbons (Fsp3) is 0.350. The lowest BCUT2D eigenvalue weighted by molar-refractivity contribution is -0.139. The fourth-order valence-corrected chi connectivity index (χ4v) is 4.42. The molecule has 1 N–H and O–H groups in total. The lowest BCUT2D eigenvalue weighted by Gasteiger charge is -2.33. The first-order valence-electron chi connectivity index (χ1n) is 9.27. The molecule has 0 aliphatic carbocycles. The van der Waals surface area contributed by atoms with Gasteiger partial charge >= 0.3 is 5.69 Å². The third-order valence-corrected chi connectivity index (χ3v) is 5.99. The molecule has 28 heavy (non-hydrogen) atoms. The quantitative estimate of drug-likeness (QED) is 0.730. The number of nitrogens with zero attached hydrogens (tertiary/aromatic N) is 2. The summed E-state index contributed by atoms with van der Waals surface area (Å²) in [7, 11) is 0. The van der Waals surface area contributed by atoms with Gasteiger partial charge in [0.05, 0.1) is 5.52 Å². The number of carbonyl (C=O) groups is 1. The van der Waals surface area contributed by atoms with Gasteiger partial charge in [0, 0.05) is 19.1 Å². The van der Waals surface area contributed by atoms with E-state index >= 15 is 0 Å². The Balaban J connectivity index is 1.44. The van der Waals surface area contributed by atoms with Gasteiger partial charge in [-0.05, 0) is 43.3 Å². The van der Waals surface area contributed by atoms with E-state index in [1.54, 1.807) is 23.3 Å². The van der Waals surface area contributed by atoms with E-state index in [2.05, 4.69) is 4.98 Å². The monoisotopic (exact) mass is 399 g/mol. The molecule has 1 saturated heterocycles. The summed E-state index contributed by atoms with van der Waals surface area (Å²) in [5.41, 5.74) is -0.0588. The first-order valence-corrected chi connectivity index (χ1v) is 10.1. The van der Waals surface area contributed by atoms with E-state index in [1.807, 2.05) is 30.3 Å². The standard InChI is InChI=1S/C20H21N3O4S/c1-13(27-15-5-3-2-4-6-15)18(24)22-10-7-14(8-11-22)23-19(25)17-16(9-12-28-17)21-20(23)26/h2-6,9,12-14H,7-8,10-11H2,1H3,(H,21,26)/t13-/m1/s1. The topological polar surface area (TPSA) is 84.4 Å². The van der Waals surface area contributed by atoms with Gasteiger partial charge in [0.1, 0.15) is 10.4 Å². The molecule has 0 bridgehead atoms. The zero-order chi connectivity index (χ0) is 19.7. The Kier molecular flexibility index (Phi) is 5.04. The van der Waals surface area contributed by atoms with Crippen molar-refractivity contribution < 1.29 is 9.53 Å². The molecule has 1 fully saturated rings. The van der Waals surface area contributed by atoms with E-state index < -0.39 is 6.10 Å². The van der Waals surface area contributed by atoms with Crippen molar-refractivity contribution in [3.05, 3.63) is 62.6 Å². The third-order valence-electron chi connectivity index (χ3n) is 5.08. The van der Waals surface area contributed by atoms with Crippen LogP contribution in [0.5, 0.6) is 5.75 Å². The number of piperidine rings is 1. The van der Waals surface area contributed by atoms with Crippen LogP contribution in [0.2, 0.25) is 0 Å². The molecule has 1 aromatic carbocycles. The molecule has 0 unspecified atom stereocenters. The van der Waals surface area contributed by atoms with Crippen LogP contribution in [0.3, 0.4) is 0 Å². The molecule has 1 atom stereocenters. The number of amides is 1. The number of aromatic amines is 1. The normalized spacial score (nSPS) is 16.2. The van der Waals surface area contributed by atoms with Gasteiger partial charge < -0.3 is 14.6 Å². The molecule has 0 saturated carbocycles. The maximum absolute atomic E-state index is 12.7. The maximum Gasteiger partial charge on any atom is 0.329 e. The molecule has 146 valence electrons. The number of para-hydroxylation sites is 1. The highest BCUT2D eigenvalue weighted by Crippen LogP contribution is 2.22. The van der Waals surface area contributed by atoms with Crippen LogP contribution in [-0.2, 0) is 4.79 Å². The van der Waals surface area contributed by atoms with Crippen LogP contribution in [-0.4, -0.2) is 39.6 Å². The summed E-state index contributed by atoms with van der Waals surface area (Å²) < 4.78 is 7.59. The lowest BCUT2D eigenvalue weighted by atomic mass is 10.0. The molecule has 2 aromatic heterocycles. The van der Waals surface area contributed by atoms with Crippen molar-refractivity contribution in [3.63, 3.8) is 0 Å². The Labute approximate surface area is 165 Å². The summed E-state index contributed by atoms with van der Waals surface area (Å²) in [6.07, 6.45) is 0.528. The van der Waals surface area contributed by atoms with Crippen molar-refractivity contribution in [2.45, 2.75) is 31.9 Å². The molecule has 1 aliphatic rings. The third kappa shape index (κ3) is 3.47. The van der Waals surface area contributed by atoms with Gasteiger partial charge in [-0.15, -0.1) is 11.3 Å². The summed E-state index contributed by atoms with van der Waals surface area (Å²) in [6.45, 7) is 2.71. The molecule has 4 rings (SSSR count). The zero-order valence-corrected chi connectivity index (χ0v) is 16.3. The van der Waals surface area contributed by atoms with Gasteiger partial charge in [-0.2, -0.15) is 0 Å². The number of carbonyl (C=O) groups excluding carboxylic acids is 1. The molecule has 3 aromatic rings. The minimum atomic E-state index is -0.590. The molecule has 1 amide bonds. The van der Waals surface area contributed by atoms with E-state index in [9.17, 15) is 14.4 Å². The molecule has 0 spiro atoms. The number of aromatic nitrogens is 2. The molecule has 7 nitrogen and oxygen atoms in total. The summed E-state index contributed by atoms with van der Waals surface area (Å²) in [6, 6.07) is 10.8. The van der Waals surface area contributed by atoms with Crippen LogP contribution in [0.1, 0.15) is 25.8 Å². The average molecular weight is 399 g/mol. The van der Waals surface area contributed by atoms with E-state index in [4.69, 9.17) is 4.74 Å². The molecule has 1 aliphatic heterocycles. The van der Waals surface area contributed by atoms with E-state index in [-0.39, 0.29) is 23.2 Å². The second kappa shape index (κ2) is 7.63. The smallest absolute Gasteiger partial charge is 0.329 e. The molecule has 8 heteroatoms. The predicted molar refractivity (Wildman–Crippen MR) is 108 cm³/mol. The van der Waals surface area contributed by atoms with Crippen molar-refractivity contribution in [1.29, 1.82) is 0 Å². The average Bonchev–Trinajstić information content (AvgIpc) is 3.17. The number of nitrogens with one attached hydrogen (secondary N) is 1. The Morgan fingerprint density at radius 3 is 2.61 bits per heavy atom. The number of likely N-dealkylation sites (tertiary alicyclic amines) is 1. The van der Waals surface area contributed by atoms with E-state index in [0.29, 0.717) is 41.9 Å². The second-order valence-corrected chi connectivity index (χ2v) is 7.81. The van der Waals surface area contributed by atoms with Crippen molar-refractivity contribution in [3.8, 4) is 5.75 Å². The first kappa shape index (κ1) is 18.5. The van der Waals surface area contributed by atoms with Crippen molar-refractivity contribution in [1.82, 2.24) is 14.5 Å². The molecular formula is C20H21N3O4S.